The molecule has 7 nitrogen and oxygen atoms in total. The Balaban J connectivity index is 1.75. The smallest absolute Gasteiger partial charge is 0.257 e. The number of amides is 1. The number of carbonyl (C=O) groups is 1. The summed E-state index contributed by atoms with van der Waals surface area (Å²) in [4.78, 5) is 17.2. The standard InChI is InChI=1S/C21H30N4O3S/c1-3-23(4-2)11-12-25(20-10-13-29(27,28)17-20)21(26)19-14-22-24(16-19)15-18-8-6-5-7-9-18/h5-9,14,16,20H,3-4,10-13,15,17H2,1-2H3. The van der Waals surface area contributed by atoms with Gasteiger partial charge in [-0.2, -0.15) is 5.10 Å². The van der Waals surface area contributed by atoms with Gasteiger partial charge in [0.05, 0.1) is 29.8 Å². The summed E-state index contributed by atoms with van der Waals surface area (Å²) >= 11 is 0. The molecule has 3 rings (SSSR count). The van der Waals surface area contributed by atoms with Crippen molar-refractivity contribution in [2.24, 2.45) is 0 Å². The maximum absolute atomic E-state index is 13.3. The van der Waals surface area contributed by atoms with Crippen LogP contribution >= 0.6 is 0 Å². The van der Waals surface area contributed by atoms with Crippen LogP contribution in [-0.2, 0) is 16.4 Å². The van der Waals surface area contributed by atoms with Crippen molar-refractivity contribution in [2.75, 3.05) is 37.7 Å². The molecule has 0 spiro atoms. The number of sulfone groups is 1. The van der Waals surface area contributed by atoms with Gasteiger partial charge in [0.15, 0.2) is 9.84 Å². The largest absolute Gasteiger partial charge is 0.333 e. The average Bonchev–Trinajstić information content (AvgIpc) is 3.32. The number of nitrogens with zero attached hydrogens (tertiary/aromatic N) is 4. The third kappa shape index (κ3) is 5.67. The number of likely N-dealkylation sites (N-methyl/N-ethyl adjacent to an activating group) is 1. The molecule has 0 bridgehead atoms. The molecule has 1 aliphatic heterocycles. The number of carbonyl (C=O) groups excluding carboxylic acids is 1. The van der Waals surface area contributed by atoms with Gasteiger partial charge in [-0.05, 0) is 25.1 Å². The molecule has 29 heavy (non-hydrogen) atoms. The minimum absolute atomic E-state index is 0.0507. The third-order valence-corrected chi connectivity index (χ3v) is 7.28. The van der Waals surface area contributed by atoms with Gasteiger partial charge in [0, 0.05) is 25.3 Å². The SMILES string of the molecule is CCN(CC)CCN(C(=O)c1cnn(Cc2ccccc2)c1)C1CCS(=O)(=O)C1. The van der Waals surface area contributed by atoms with E-state index in [9.17, 15) is 13.2 Å². The summed E-state index contributed by atoms with van der Waals surface area (Å²) < 4.78 is 25.7. The Morgan fingerprint density at radius 2 is 1.90 bits per heavy atom. The molecular weight excluding hydrogens is 388 g/mol. The first kappa shape index (κ1) is 21.5. The minimum Gasteiger partial charge on any atom is -0.333 e. The Kier molecular flexibility index (Phi) is 7.08. The van der Waals surface area contributed by atoms with Crippen LogP contribution in [0.15, 0.2) is 42.7 Å². The average molecular weight is 419 g/mol. The van der Waals surface area contributed by atoms with Crippen LogP contribution in [0, 0.1) is 0 Å². The topological polar surface area (TPSA) is 75.5 Å². The van der Waals surface area contributed by atoms with Crippen LogP contribution in [0.4, 0.5) is 0 Å². The molecule has 2 heterocycles. The van der Waals surface area contributed by atoms with Crippen molar-refractivity contribution < 1.29 is 13.2 Å². The summed E-state index contributed by atoms with van der Waals surface area (Å²) in [5, 5.41) is 4.34. The highest BCUT2D eigenvalue weighted by atomic mass is 32.2. The highest BCUT2D eigenvalue weighted by molar-refractivity contribution is 7.91. The Hall–Kier alpha value is -2.19. The predicted octanol–water partition coefficient (Wildman–Crippen LogP) is 1.90. The molecule has 0 saturated carbocycles. The van der Waals surface area contributed by atoms with Crippen molar-refractivity contribution >= 4 is 15.7 Å². The lowest BCUT2D eigenvalue weighted by Gasteiger charge is -2.30. The number of rotatable bonds is 9. The Morgan fingerprint density at radius 3 is 2.52 bits per heavy atom. The van der Waals surface area contributed by atoms with Gasteiger partial charge >= 0.3 is 0 Å². The number of hydrogen-bond donors (Lipinski definition) is 0. The fourth-order valence-electron chi connectivity index (χ4n) is 3.76. The Morgan fingerprint density at radius 1 is 1.17 bits per heavy atom. The number of aromatic nitrogens is 2. The normalized spacial score (nSPS) is 18.2. The molecule has 0 aliphatic carbocycles. The van der Waals surface area contributed by atoms with E-state index >= 15 is 0 Å². The molecule has 1 aromatic heterocycles. The maximum Gasteiger partial charge on any atom is 0.257 e. The first-order chi connectivity index (χ1) is 13.9. The van der Waals surface area contributed by atoms with Crippen LogP contribution < -0.4 is 0 Å². The van der Waals surface area contributed by atoms with E-state index in [4.69, 9.17) is 0 Å². The van der Waals surface area contributed by atoms with Crippen molar-refractivity contribution in [3.05, 3.63) is 53.9 Å². The van der Waals surface area contributed by atoms with E-state index in [0.717, 1.165) is 25.2 Å². The van der Waals surface area contributed by atoms with E-state index in [1.165, 1.54) is 0 Å². The minimum atomic E-state index is -3.07. The summed E-state index contributed by atoms with van der Waals surface area (Å²) in [6.45, 7) is 7.81. The molecule has 1 aromatic carbocycles. The monoisotopic (exact) mass is 418 g/mol. The van der Waals surface area contributed by atoms with E-state index in [-0.39, 0.29) is 23.5 Å². The second kappa shape index (κ2) is 9.54. The van der Waals surface area contributed by atoms with Crippen molar-refractivity contribution in [1.82, 2.24) is 19.6 Å². The summed E-state index contributed by atoms with van der Waals surface area (Å²) in [5.41, 5.74) is 1.61. The molecule has 0 N–H and O–H groups in total. The molecule has 1 atom stereocenters. The first-order valence-electron chi connectivity index (χ1n) is 10.2. The van der Waals surface area contributed by atoms with Gasteiger partial charge in [-0.1, -0.05) is 44.2 Å². The maximum atomic E-state index is 13.3. The summed E-state index contributed by atoms with van der Waals surface area (Å²) in [7, 11) is -3.07. The summed E-state index contributed by atoms with van der Waals surface area (Å²) in [6, 6.07) is 9.68. The van der Waals surface area contributed by atoms with Crippen molar-refractivity contribution in [3.8, 4) is 0 Å². The zero-order chi connectivity index (χ0) is 20.9. The van der Waals surface area contributed by atoms with Crippen LogP contribution in [0.2, 0.25) is 0 Å². The molecule has 1 aliphatic rings. The van der Waals surface area contributed by atoms with E-state index in [2.05, 4.69) is 23.8 Å². The van der Waals surface area contributed by atoms with E-state index in [1.807, 2.05) is 30.3 Å². The molecule has 1 saturated heterocycles. The molecule has 1 unspecified atom stereocenters. The van der Waals surface area contributed by atoms with E-state index in [1.54, 1.807) is 22.0 Å². The molecule has 2 aromatic rings. The first-order valence-corrected chi connectivity index (χ1v) is 12.0. The zero-order valence-corrected chi connectivity index (χ0v) is 18.0. The van der Waals surface area contributed by atoms with Crippen LogP contribution in [0.1, 0.15) is 36.2 Å². The molecular formula is C21H30N4O3S. The van der Waals surface area contributed by atoms with E-state index < -0.39 is 9.84 Å². The van der Waals surface area contributed by atoms with Crippen molar-refractivity contribution in [3.63, 3.8) is 0 Å². The van der Waals surface area contributed by atoms with Crippen LogP contribution in [0.25, 0.3) is 0 Å². The van der Waals surface area contributed by atoms with Crippen molar-refractivity contribution in [2.45, 2.75) is 32.9 Å². The fraction of sp³-hybridized carbons (Fsp3) is 0.524. The number of benzene rings is 1. The lowest BCUT2D eigenvalue weighted by molar-refractivity contribution is 0.0674. The van der Waals surface area contributed by atoms with Crippen LogP contribution in [-0.4, -0.2) is 77.6 Å². The highest BCUT2D eigenvalue weighted by Crippen LogP contribution is 2.20. The number of hydrogen-bond acceptors (Lipinski definition) is 5. The van der Waals surface area contributed by atoms with Gasteiger partial charge in [0.2, 0.25) is 0 Å². The molecule has 158 valence electrons. The molecule has 0 radical (unpaired) electrons. The van der Waals surface area contributed by atoms with Gasteiger partial charge in [-0.3, -0.25) is 9.48 Å². The molecule has 8 heteroatoms. The molecule has 1 amide bonds. The zero-order valence-electron chi connectivity index (χ0n) is 17.2. The summed E-state index contributed by atoms with van der Waals surface area (Å²) in [5.74, 6) is 0.0633. The van der Waals surface area contributed by atoms with Gasteiger partial charge in [0.1, 0.15) is 0 Å². The molecule has 1 fully saturated rings. The van der Waals surface area contributed by atoms with E-state index in [0.29, 0.717) is 25.1 Å². The highest BCUT2D eigenvalue weighted by Gasteiger charge is 2.35. The second-order valence-electron chi connectivity index (χ2n) is 7.49. The quantitative estimate of drug-likeness (QED) is 0.622. The third-order valence-electron chi connectivity index (χ3n) is 5.53. The van der Waals surface area contributed by atoms with Gasteiger partial charge in [-0.15, -0.1) is 0 Å². The van der Waals surface area contributed by atoms with Gasteiger partial charge < -0.3 is 9.80 Å². The van der Waals surface area contributed by atoms with Gasteiger partial charge in [0.25, 0.3) is 5.91 Å². The van der Waals surface area contributed by atoms with Crippen molar-refractivity contribution in [1.29, 1.82) is 0 Å². The van der Waals surface area contributed by atoms with Crippen LogP contribution in [0.3, 0.4) is 0 Å². The fourth-order valence-corrected chi connectivity index (χ4v) is 5.49. The lowest BCUT2D eigenvalue weighted by Crippen LogP contribution is -2.45. The Bertz CT molecular complexity index is 907. The van der Waals surface area contributed by atoms with Crippen LogP contribution in [0.5, 0.6) is 0 Å². The lowest BCUT2D eigenvalue weighted by atomic mass is 10.2. The van der Waals surface area contributed by atoms with Gasteiger partial charge in [-0.25, -0.2) is 8.42 Å². The predicted molar refractivity (Wildman–Crippen MR) is 114 cm³/mol. The second-order valence-corrected chi connectivity index (χ2v) is 9.72. The Labute approximate surface area is 173 Å². The summed E-state index contributed by atoms with van der Waals surface area (Å²) in [6.07, 6.45) is 3.84.